The van der Waals surface area contributed by atoms with Crippen LogP contribution < -0.4 is 10.1 Å². The zero-order chi connectivity index (χ0) is 21.1. The number of rotatable bonds is 5. The second-order valence-electron chi connectivity index (χ2n) is 8.22. The van der Waals surface area contributed by atoms with Gasteiger partial charge in [0.15, 0.2) is 0 Å². The van der Waals surface area contributed by atoms with Crippen molar-refractivity contribution in [3.8, 4) is 5.75 Å². The van der Waals surface area contributed by atoms with Gasteiger partial charge in [0, 0.05) is 31.2 Å². The molecular formula is C24H29N3O3. The van der Waals surface area contributed by atoms with Gasteiger partial charge in [0.1, 0.15) is 5.75 Å². The van der Waals surface area contributed by atoms with Crippen LogP contribution in [-0.4, -0.2) is 60.9 Å². The van der Waals surface area contributed by atoms with E-state index in [1.54, 1.807) is 7.11 Å². The first-order valence-electron chi connectivity index (χ1n) is 10.5. The monoisotopic (exact) mass is 407 g/mol. The fraction of sp³-hybridized carbons (Fsp3) is 0.417. The SMILES string of the molecule is COc1ccc(CNC(=O)[C@@H]2C[C@H]3CN(C(=O)c4ccccc4)CC[C@H]3N2C)cc1. The quantitative estimate of drug-likeness (QED) is 0.828. The largest absolute Gasteiger partial charge is 0.497 e. The Labute approximate surface area is 177 Å². The molecule has 0 aliphatic carbocycles. The molecule has 6 nitrogen and oxygen atoms in total. The number of piperidine rings is 1. The van der Waals surface area contributed by atoms with E-state index in [1.165, 1.54) is 0 Å². The number of likely N-dealkylation sites (N-methyl/N-ethyl adjacent to an activating group) is 1. The summed E-state index contributed by atoms with van der Waals surface area (Å²) in [5.41, 5.74) is 1.78. The number of likely N-dealkylation sites (tertiary alicyclic amines) is 2. The Balaban J connectivity index is 1.34. The predicted octanol–water partition coefficient (Wildman–Crippen LogP) is 2.55. The maximum atomic E-state index is 12.9. The van der Waals surface area contributed by atoms with Crippen molar-refractivity contribution in [1.29, 1.82) is 0 Å². The van der Waals surface area contributed by atoms with Crippen molar-refractivity contribution in [3.63, 3.8) is 0 Å². The summed E-state index contributed by atoms with van der Waals surface area (Å²) in [5, 5.41) is 3.08. The Hall–Kier alpha value is -2.86. The lowest BCUT2D eigenvalue weighted by atomic mass is 9.91. The number of fused-ring (bicyclic) bond motifs is 1. The standard InChI is InChI=1S/C24H29N3O3/c1-26-21-12-13-27(24(29)18-6-4-3-5-7-18)16-19(21)14-22(26)23(28)25-15-17-8-10-20(30-2)11-9-17/h3-11,19,21-22H,12-16H2,1-2H3,(H,25,28)/t19-,21+,22-/m0/s1. The van der Waals surface area contributed by atoms with E-state index in [-0.39, 0.29) is 17.9 Å². The fourth-order valence-electron chi connectivity index (χ4n) is 4.76. The number of nitrogens with zero attached hydrogens (tertiary/aromatic N) is 2. The van der Waals surface area contributed by atoms with Gasteiger partial charge in [-0.1, -0.05) is 30.3 Å². The molecule has 2 aliphatic rings. The van der Waals surface area contributed by atoms with Crippen LogP contribution in [0, 0.1) is 5.92 Å². The molecule has 4 rings (SSSR count). The summed E-state index contributed by atoms with van der Waals surface area (Å²) < 4.78 is 5.18. The van der Waals surface area contributed by atoms with Crippen molar-refractivity contribution >= 4 is 11.8 Å². The van der Waals surface area contributed by atoms with Crippen molar-refractivity contribution in [2.24, 2.45) is 5.92 Å². The number of hydrogen-bond donors (Lipinski definition) is 1. The van der Waals surface area contributed by atoms with Crippen LogP contribution in [0.3, 0.4) is 0 Å². The average molecular weight is 408 g/mol. The van der Waals surface area contributed by atoms with Crippen molar-refractivity contribution in [2.75, 3.05) is 27.2 Å². The fourth-order valence-corrected chi connectivity index (χ4v) is 4.76. The van der Waals surface area contributed by atoms with Crippen LogP contribution in [0.2, 0.25) is 0 Å². The molecule has 0 aromatic heterocycles. The van der Waals surface area contributed by atoms with Crippen LogP contribution in [-0.2, 0) is 11.3 Å². The maximum absolute atomic E-state index is 12.9. The number of nitrogens with one attached hydrogen (secondary N) is 1. The van der Waals surface area contributed by atoms with Crippen LogP contribution >= 0.6 is 0 Å². The third kappa shape index (κ3) is 4.19. The van der Waals surface area contributed by atoms with Crippen LogP contribution in [0.4, 0.5) is 0 Å². The number of amides is 2. The molecule has 0 unspecified atom stereocenters. The summed E-state index contributed by atoms with van der Waals surface area (Å²) in [7, 11) is 3.68. The lowest BCUT2D eigenvalue weighted by Gasteiger charge is -2.37. The van der Waals surface area contributed by atoms with Gasteiger partial charge < -0.3 is 15.0 Å². The number of ether oxygens (including phenoxy) is 1. The number of hydrogen-bond acceptors (Lipinski definition) is 4. The molecule has 2 fully saturated rings. The van der Waals surface area contributed by atoms with Crippen LogP contribution in [0.15, 0.2) is 54.6 Å². The molecule has 3 atom stereocenters. The molecular weight excluding hydrogens is 378 g/mol. The van der Waals surface area contributed by atoms with E-state index >= 15 is 0 Å². The molecule has 0 bridgehead atoms. The third-order valence-electron chi connectivity index (χ3n) is 6.47. The zero-order valence-electron chi connectivity index (χ0n) is 17.6. The minimum atomic E-state index is -0.148. The Morgan fingerprint density at radius 3 is 2.53 bits per heavy atom. The highest BCUT2D eigenvalue weighted by Gasteiger charge is 2.45. The maximum Gasteiger partial charge on any atom is 0.253 e. The molecule has 0 radical (unpaired) electrons. The van der Waals surface area contributed by atoms with E-state index in [0.29, 0.717) is 25.0 Å². The van der Waals surface area contributed by atoms with E-state index in [4.69, 9.17) is 4.74 Å². The van der Waals surface area contributed by atoms with Crippen LogP contribution in [0.5, 0.6) is 5.75 Å². The summed E-state index contributed by atoms with van der Waals surface area (Å²) in [5.74, 6) is 1.28. The van der Waals surface area contributed by atoms with Gasteiger partial charge >= 0.3 is 0 Å². The molecule has 1 N–H and O–H groups in total. The number of carbonyl (C=O) groups is 2. The number of carbonyl (C=O) groups excluding carboxylic acids is 2. The normalized spacial score (nSPS) is 23.7. The number of methoxy groups -OCH3 is 1. The van der Waals surface area contributed by atoms with E-state index in [1.807, 2.05) is 66.5 Å². The summed E-state index contributed by atoms with van der Waals surface area (Å²) in [6.45, 7) is 1.95. The lowest BCUT2D eigenvalue weighted by molar-refractivity contribution is -0.125. The topological polar surface area (TPSA) is 61.9 Å². The first kappa shape index (κ1) is 20.4. The summed E-state index contributed by atoms with van der Waals surface area (Å²) >= 11 is 0. The van der Waals surface area contributed by atoms with Crippen LogP contribution in [0.25, 0.3) is 0 Å². The molecule has 30 heavy (non-hydrogen) atoms. The van der Waals surface area contributed by atoms with Crippen molar-refractivity contribution in [1.82, 2.24) is 15.1 Å². The Bertz CT molecular complexity index is 884. The minimum Gasteiger partial charge on any atom is -0.497 e. The highest BCUT2D eigenvalue weighted by molar-refractivity contribution is 5.94. The molecule has 2 aromatic rings. The summed E-state index contributed by atoms with van der Waals surface area (Å²) in [6.07, 6.45) is 1.69. The van der Waals surface area contributed by atoms with Gasteiger partial charge in [-0.25, -0.2) is 0 Å². The molecule has 2 aromatic carbocycles. The molecule has 6 heteroatoms. The van der Waals surface area contributed by atoms with Crippen molar-refractivity contribution in [3.05, 3.63) is 65.7 Å². The average Bonchev–Trinajstić information content (AvgIpc) is 3.13. The minimum absolute atomic E-state index is 0.0589. The first-order chi connectivity index (χ1) is 14.6. The van der Waals surface area contributed by atoms with Gasteiger partial charge in [0.25, 0.3) is 5.91 Å². The molecule has 2 aliphatic heterocycles. The zero-order valence-corrected chi connectivity index (χ0v) is 17.6. The predicted molar refractivity (Wildman–Crippen MR) is 115 cm³/mol. The Kier molecular flexibility index (Phi) is 6.04. The summed E-state index contributed by atoms with van der Waals surface area (Å²) in [4.78, 5) is 29.8. The lowest BCUT2D eigenvalue weighted by Crippen LogP contribution is -2.49. The van der Waals surface area contributed by atoms with Crippen molar-refractivity contribution < 1.29 is 14.3 Å². The first-order valence-corrected chi connectivity index (χ1v) is 10.5. The van der Waals surface area contributed by atoms with Gasteiger partial charge in [-0.2, -0.15) is 0 Å². The molecule has 158 valence electrons. The second kappa shape index (κ2) is 8.88. The highest BCUT2D eigenvalue weighted by atomic mass is 16.5. The van der Waals surface area contributed by atoms with Crippen molar-refractivity contribution in [2.45, 2.75) is 31.5 Å². The van der Waals surface area contributed by atoms with E-state index in [0.717, 1.165) is 36.3 Å². The highest BCUT2D eigenvalue weighted by Crippen LogP contribution is 2.35. The van der Waals surface area contributed by atoms with Gasteiger partial charge in [-0.15, -0.1) is 0 Å². The molecule has 2 amide bonds. The molecule has 0 spiro atoms. The Morgan fingerprint density at radius 2 is 1.83 bits per heavy atom. The van der Waals surface area contributed by atoms with E-state index in [2.05, 4.69) is 10.2 Å². The smallest absolute Gasteiger partial charge is 0.253 e. The molecule has 0 saturated carbocycles. The van der Waals surface area contributed by atoms with Gasteiger partial charge in [0.2, 0.25) is 5.91 Å². The second-order valence-corrected chi connectivity index (χ2v) is 8.22. The van der Waals surface area contributed by atoms with Gasteiger partial charge in [-0.05, 0) is 55.6 Å². The molecule has 2 saturated heterocycles. The van der Waals surface area contributed by atoms with Gasteiger partial charge in [0.05, 0.1) is 13.2 Å². The van der Waals surface area contributed by atoms with Crippen LogP contribution in [0.1, 0.15) is 28.8 Å². The molecule has 2 heterocycles. The van der Waals surface area contributed by atoms with Gasteiger partial charge in [-0.3, -0.25) is 14.5 Å². The van der Waals surface area contributed by atoms with E-state index in [9.17, 15) is 9.59 Å². The Morgan fingerprint density at radius 1 is 1.10 bits per heavy atom. The summed E-state index contributed by atoms with van der Waals surface area (Å²) in [6, 6.07) is 17.4. The van der Waals surface area contributed by atoms with E-state index < -0.39 is 0 Å². The number of benzene rings is 2. The third-order valence-corrected chi connectivity index (χ3v) is 6.47.